The van der Waals surface area contributed by atoms with Gasteiger partial charge in [-0.1, -0.05) is 30.3 Å². The van der Waals surface area contributed by atoms with Crippen molar-refractivity contribution in [1.29, 1.82) is 0 Å². The first-order valence-corrected chi connectivity index (χ1v) is 6.28. The second-order valence-electron chi connectivity index (χ2n) is 4.60. The van der Waals surface area contributed by atoms with Crippen LogP contribution in [0.3, 0.4) is 0 Å². The molecule has 1 aromatic rings. The van der Waals surface area contributed by atoms with Gasteiger partial charge in [-0.2, -0.15) is 0 Å². The average molecular weight is 256 g/mol. The highest BCUT2D eigenvalue weighted by atomic mass is 35.5. The molecule has 96 valence electrons. The minimum atomic E-state index is 0. The van der Waals surface area contributed by atoms with Crippen molar-refractivity contribution in [3.05, 3.63) is 35.9 Å². The summed E-state index contributed by atoms with van der Waals surface area (Å²) in [5.74, 6) is 0.742. The zero-order valence-corrected chi connectivity index (χ0v) is 11.0. The van der Waals surface area contributed by atoms with Crippen molar-refractivity contribution >= 4 is 12.4 Å². The van der Waals surface area contributed by atoms with E-state index in [2.05, 4.69) is 35.2 Å². The van der Waals surface area contributed by atoms with E-state index in [4.69, 9.17) is 5.11 Å². The van der Waals surface area contributed by atoms with E-state index >= 15 is 0 Å². The van der Waals surface area contributed by atoms with Crippen molar-refractivity contribution in [3.63, 3.8) is 0 Å². The number of aliphatic hydroxyl groups excluding tert-OH is 1. The number of piperidine rings is 1. The Bertz CT molecular complexity index is 296. The molecule has 3 heteroatoms. The molecule has 0 amide bonds. The molecule has 1 N–H and O–H groups in total. The van der Waals surface area contributed by atoms with Crippen molar-refractivity contribution in [2.45, 2.75) is 25.2 Å². The van der Waals surface area contributed by atoms with Crippen LogP contribution in [0.5, 0.6) is 0 Å². The Morgan fingerprint density at radius 1 is 1.12 bits per heavy atom. The molecule has 17 heavy (non-hydrogen) atoms. The van der Waals surface area contributed by atoms with Gasteiger partial charge in [-0.3, -0.25) is 0 Å². The van der Waals surface area contributed by atoms with Crippen molar-refractivity contribution in [2.24, 2.45) is 0 Å². The lowest BCUT2D eigenvalue weighted by Gasteiger charge is -2.32. The minimum Gasteiger partial charge on any atom is -0.396 e. The van der Waals surface area contributed by atoms with E-state index in [9.17, 15) is 0 Å². The fourth-order valence-electron chi connectivity index (χ4n) is 2.51. The van der Waals surface area contributed by atoms with Crippen LogP contribution in [0.25, 0.3) is 0 Å². The van der Waals surface area contributed by atoms with Crippen LogP contribution in [0.1, 0.15) is 30.7 Å². The van der Waals surface area contributed by atoms with Gasteiger partial charge in [0.2, 0.25) is 0 Å². The van der Waals surface area contributed by atoms with Gasteiger partial charge < -0.3 is 10.0 Å². The van der Waals surface area contributed by atoms with E-state index in [1.807, 2.05) is 0 Å². The van der Waals surface area contributed by atoms with Crippen LogP contribution in [-0.2, 0) is 0 Å². The molecule has 0 saturated carbocycles. The summed E-state index contributed by atoms with van der Waals surface area (Å²) < 4.78 is 0. The SMILES string of the molecule is Cl.OCCCN1CCC(c2ccccc2)CC1. The van der Waals surface area contributed by atoms with Gasteiger partial charge in [0.05, 0.1) is 0 Å². The first-order valence-electron chi connectivity index (χ1n) is 6.28. The number of nitrogens with zero attached hydrogens (tertiary/aromatic N) is 1. The topological polar surface area (TPSA) is 23.5 Å². The Balaban J connectivity index is 0.00000144. The van der Waals surface area contributed by atoms with Crippen molar-refractivity contribution in [1.82, 2.24) is 4.90 Å². The van der Waals surface area contributed by atoms with E-state index in [0.717, 1.165) is 18.9 Å². The summed E-state index contributed by atoms with van der Waals surface area (Å²) in [4.78, 5) is 2.47. The van der Waals surface area contributed by atoms with Crippen LogP contribution in [-0.4, -0.2) is 36.2 Å². The first-order chi connectivity index (χ1) is 7.90. The fraction of sp³-hybridized carbons (Fsp3) is 0.571. The van der Waals surface area contributed by atoms with E-state index in [1.54, 1.807) is 0 Å². The van der Waals surface area contributed by atoms with E-state index in [1.165, 1.54) is 31.5 Å². The minimum absolute atomic E-state index is 0. The third-order valence-corrected chi connectivity index (χ3v) is 3.49. The molecule has 0 aliphatic carbocycles. The van der Waals surface area contributed by atoms with E-state index < -0.39 is 0 Å². The van der Waals surface area contributed by atoms with Crippen LogP contribution < -0.4 is 0 Å². The Labute approximate surface area is 110 Å². The fourth-order valence-corrected chi connectivity index (χ4v) is 2.51. The maximum atomic E-state index is 8.80. The zero-order chi connectivity index (χ0) is 11.2. The van der Waals surface area contributed by atoms with Crippen LogP contribution in [0.2, 0.25) is 0 Å². The molecule has 0 bridgehead atoms. The van der Waals surface area contributed by atoms with Gasteiger partial charge in [0.25, 0.3) is 0 Å². The molecule has 1 aliphatic heterocycles. The number of likely N-dealkylation sites (tertiary alicyclic amines) is 1. The summed E-state index contributed by atoms with van der Waals surface area (Å²) in [5, 5.41) is 8.80. The average Bonchev–Trinajstić information content (AvgIpc) is 2.38. The number of rotatable bonds is 4. The molecule has 1 aromatic carbocycles. The second kappa shape index (κ2) is 7.70. The van der Waals surface area contributed by atoms with E-state index in [-0.39, 0.29) is 12.4 Å². The Kier molecular flexibility index (Phi) is 6.56. The summed E-state index contributed by atoms with van der Waals surface area (Å²) in [5.41, 5.74) is 1.49. The van der Waals surface area contributed by atoms with Crippen LogP contribution in [0.4, 0.5) is 0 Å². The molecule has 1 heterocycles. The lowest BCUT2D eigenvalue weighted by molar-refractivity contribution is 0.187. The summed E-state index contributed by atoms with van der Waals surface area (Å²) in [6, 6.07) is 10.8. The molecule has 2 nitrogen and oxygen atoms in total. The van der Waals surface area contributed by atoms with Gasteiger partial charge in [0.15, 0.2) is 0 Å². The van der Waals surface area contributed by atoms with Crippen molar-refractivity contribution in [2.75, 3.05) is 26.2 Å². The molecule has 1 aliphatic rings. The number of hydrogen-bond donors (Lipinski definition) is 1. The lowest BCUT2D eigenvalue weighted by Crippen LogP contribution is -2.34. The molecule has 0 aromatic heterocycles. The highest BCUT2D eigenvalue weighted by molar-refractivity contribution is 5.85. The van der Waals surface area contributed by atoms with Gasteiger partial charge in [-0.25, -0.2) is 0 Å². The third kappa shape index (κ3) is 4.30. The van der Waals surface area contributed by atoms with Gasteiger partial charge in [0, 0.05) is 13.2 Å². The van der Waals surface area contributed by atoms with Crippen LogP contribution in [0.15, 0.2) is 30.3 Å². The summed E-state index contributed by atoms with van der Waals surface area (Å²) >= 11 is 0. The molecular weight excluding hydrogens is 234 g/mol. The summed E-state index contributed by atoms with van der Waals surface area (Å²) in [7, 11) is 0. The van der Waals surface area contributed by atoms with Crippen molar-refractivity contribution < 1.29 is 5.11 Å². The molecule has 0 spiro atoms. The number of halogens is 1. The second-order valence-corrected chi connectivity index (χ2v) is 4.60. The number of hydrogen-bond acceptors (Lipinski definition) is 2. The Hall–Kier alpha value is -0.570. The predicted molar refractivity (Wildman–Crippen MR) is 73.8 cm³/mol. The number of aliphatic hydroxyl groups is 1. The van der Waals surface area contributed by atoms with Crippen LogP contribution in [0, 0.1) is 0 Å². The first kappa shape index (κ1) is 14.5. The Morgan fingerprint density at radius 2 is 1.76 bits per heavy atom. The summed E-state index contributed by atoms with van der Waals surface area (Å²) in [6.45, 7) is 3.73. The monoisotopic (exact) mass is 255 g/mol. The molecule has 1 fully saturated rings. The lowest BCUT2D eigenvalue weighted by atomic mass is 9.89. The number of benzene rings is 1. The van der Waals surface area contributed by atoms with Crippen molar-refractivity contribution in [3.8, 4) is 0 Å². The molecule has 0 radical (unpaired) electrons. The maximum Gasteiger partial charge on any atom is 0.0443 e. The molecular formula is C14H22ClNO. The molecule has 0 atom stereocenters. The zero-order valence-electron chi connectivity index (χ0n) is 10.2. The highest BCUT2D eigenvalue weighted by Gasteiger charge is 2.19. The largest absolute Gasteiger partial charge is 0.396 e. The highest BCUT2D eigenvalue weighted by Crippen LogP contribution is 2.27. The predicted octanol–water partition coefficient (Wildman–Crippen LogP) is 2.67. The van der Waals surface area contributed by atoms with E-state index in [0.29, 0.717) is 6.61 Å². The quantitative estimate of drug-likeness (QED) is 0.894. The third-order valence-electron chi connectivity index (χ3n) is 3.49. The smallest absolute Gasteiger partial charge is 0.0443 e. The van der Waals surface area contributed by atoms with Crippen LogP contribution >= 0.6 is 12.4 Å². The molecule has 0 unspecified atom stereocenters. The van der Waals surface area contributed by atoms with Gasteiger partial charge >= 0.3 is 0 Å². The normalized spacial score (nSPS) is 17.7. The van der Waals surface area contributed by atoms with Gasteiger partial charge in [-0.15, -0.1) is 12.4 Å². The molecule has 2 rings (SSSR count). The Morgan fingerprint density at radius 3 is 2.35 bits per heavy atom. The maximum absolute atomic E-state index is 8.80. The summed E-state index contributed by atoms with van der Waals surface area (Å²) in [6.07, 6.45) is 3.43. The standard InChI is InChI=1S/C14H21NO.ClH/c16-12-4-9-15-10-7-14(8-11-15)13-5-2-1-3-6-13;/h1-3,5-6,14,16H,4,7-12H2;1H. The van der Waals surface area contributed by atoms with Gasteiger partial charge in [0.1, 0.15) is 0 Å². The van der Waals surface area contributed by atoms with Gasteiger partial charge in [-0.05, 0) is 43.8 Å². The molecule has 1 saturated heterocycles.